The summed E-state index contributed by atoms with van der Waals surface area (Å²) >= 11 is 2.66. The molecule has 0 aliphatic heterocycles. The van der Waals surface area contributed by atoms with Gasteiger partial charge in [-0.1, -0.05) is 55.1 Å². The number of esters is 1. The van der Waals surface area contributed by atoms with Crippen molar-refractivity contribution >= 4 is 40.0 Å². The smallest absolute Gasteiger partial charge is 0.340 e. The molecule has 156 valence electrons. The fourth-order valence-electron chi connectivity index (χ4n) is 2.75. The second kappa shape index (κ2) is 10.2. The number of anilines is 1. The molecule has 0 atom stereocenters. The highest BCUT2D eigenvalue weighted by Gasteiger charge is 2.19. The van der Waals surface area contributed by atoms with Crippen molar-refractivity contribution in [3.63, 3.8) is 0 Å². The van der Waals surface area contributed by atoms with Gasteiger partial charge in [-0.05, 0) is 12.5 Å². The first-order valence-corrected chi connectivity index (χ1v) is 11.1. The van der Waals surface area contributed by atoms with Gasteiger partial charge in [-0.3, -0.25) is 9.36 Å². The van der Waals surface area contributed by atoms with Gasteiger partial charge in [0.05, 0.1) is 18.4 Å². The molecule has 2 heterocycles. The molecule has 1 N–H and O–H groups in total. The molecule has 9 heteroatoms. The first kappa shape index (κ1) is 21.8. The quantitative estimate of drug-likeness (QED) is 0.303. The van der Waals surface area contributed by atoms with Gasteiger partial charge in [0.1, 0.15) is 5.00 Å². The Morgan fingerprint density at radius 2 is 2.07 bits per heavy atom. The Kier molecular flexibility index (Phi) is 7.42. The lowest BCUT2D eigenvalue weighted by atomic mass is 10.2. The monoisotopic (exact) mass is 442 g/mol. The number of hydrogen-bond acceptors (Lipinski definition) is 7. The van der Waals surface area contributed by atoms with Gasteiger partial charge in [-0.25, -0.2) is 4.79 Å². The van der Waals surface area contributed by atoms with E-state index < -0.39 is 5.97 Å². The highest BCUT2D eigenvalue weighted by Crippen LogP contribution is 2.30. The van der Waals surface area contributed by atoms with Gasteiger partial charge in [-0.15, -0.1) is 28.1 Å². The molecule has 0 fully saturated rings. The molecular weight excluding hydrogens is 420 g/mol. The molecular formula is C21H22N4O3S2. The molecule has 7 nitrogen and oxygen atoms in total. The molecule has 3 rings (SSSR count). The zero-order valence-corrected chi connectivity index (χ0v) is 18.4. The van der Waals surface area contributed by atoms with Crippen molar-refractivity contribution in [2.24, 2.45) is 0 Å². The SMILES string of the molecule is C=CCn1c(SCC(=O)Nc2sc(CC)cc2C(=O)OC)nnc1-c1ccccc1. The molecule has 3 aromatic rings. The number of thiophene rings is 1. The summed E-state index contributed by atoms with van der Waals surface area (Å²) in [7, 11) is 1.32. The molecule has 0 spiro atoms. The summed E-state index contributed by atoms with van der Waals surface area (Å²) in [6.45, 7) is 6.32. The van der Waals surface area contributed by atoms with Gasteiger partial charge in [0, 0.05) is 17.0 Å². The van der Waals surface area contributed by atoms with Crippen LogP contribution in [0.5, 0.6) is 0 Å². The number of carbonyl (C=O) groups excluding carboxylic acids is 2. The molecule has 0 aliphatic rings. The van der Waals surface area contributed by atoms with Crippen LogP contribution in [0.4, 0.5) is 5.00 Å². The largest absolute Gasteiger partial charge is 0.465 e. The standard InChI is InChI=1S/C21H22N4O3S2/c1-4-11-25-18(14-9-7-6-8-10-14)23-24-21(25)29-13-17(26)22-19-16(20(27)28-3)12-15(5-2)30-19/h4,6-10,12H,1,5,11,13H2,2-3H3,(H,22,26). The molecule has 0 saturated heterocycles. The topological polar surface area (TPSA) is 86.1 Å². The summed E-state index contributed by atoms with van der Waals surface area (Å²) in [6.07, 6.45) is 2.53. The van der Waals surface area contributed by atoms with Crippen LogP contribution in [0.15, 0.2) is 54.2 Å². The molecule has 30 heavy (non-hydrogen) atoms. The number of aromatic nitrogens is 3. The van der Waals surface area contributed by atoms with E-state index in [1.807, 2.05) is 41.8 Å². The summed E-state index contributed by atoms with van der Waals surface area (Å²) in [4.78, 5) is 25.5. The van der Waals surface area contributed by atoms with Gasteiger partial charge < -0.3 is 10.1 Å². The highest BCUT2D eigenvalue weighted by atomic mass is 32.2. The van der Waals surface area contributed by atoms with Crippen molar-refractivity contribution in [1.29, 1.82) is 0 Å². The fraction of sp³-hybridized carbons (Fsp3) is 0.238. The minimum Gasteiger partial charge on any atom is -0.465 e. The summed E-state index contributed by atoms with van der Waals surface area (Å²) < 4.78 is 6.73. The normalized spacial score (nSPS) is 10.6. The Morgan fingerprint density at radius 1 is 1.30 bits per heavy atom. The van der Waals surface area contributed by atoms with Crippen molar-refractivity contribution < 1.29 is 14.3 Å². The molecule has 0 saturated carbocycles. The van der Waals surface area contributed by atoms with Gasteiger partial charge in [0.25, 0.3) is 0 Å². The van der Waals surface area contributed by atoms with E-state index in [0.29, 0.717) is 22.3 Å². The first-order valence-electron chi connectivity index (χ1n) is 9.30. The number of hydrogen-bond donors (Lipinski definition) is 1. The third kappa shape index (κ3) is 4.98. The number of carbonyl (C=O) groups is 2. The van der Waals surface area contributed by atoms with E-state index in [1.54, 1.807) is 12.1 Å². The fourth-order valence-corrected chi connectivity index (χ4v) is 4.50. The van der Waals surface area contributed by atoms with Crippen LogP contribution in [0.3, 0.4) is 0 Å². The van der Waals surface area contributed by atoms with E-state index >= 15 is 0 Å². The number of rotatable bonds is 9. The van der Waals surface area contributed by atoms with Crippen LogP contribution in [0.1, 0.15) is 22.2 Å². The predicted octanol–water partition coefficient (Wildman–Crippen LogP) is 4.27. The number of allylic oxidation sites excluding steroid dienone is 1. The molecule has 0 aliphatic carbocycles. The van der Waals surface area contributed by atoms with Crippen molar-refractivity contribution in [2.75, 3.05) is 18.2 Å². The van der Waals surface area contributed by atoms with Crippen LogP contribution in [-0.4, -0.2) is 39.5 Å². The number of thioether (sulfide) groups is 1. The average molecular weight is 443 g/mol. The Morgan fingerprint density at radius 3 is 2.73 bits per heavy atom. The molecule has 0 unspecified atom stereocenters. The zero-order chi connectivity index (χ0) is 21.5. The van der Waals surface area contributed by atoms with Crippen molar-refractivity contribution in [2.45, 2.75) is 25.0 Å². The van der Waals surface area contributed by atoms with Gasteiger partial charge in [-0.2, -0.15) is 0 Å². The van der Waals surface area contributed by atoms with E-state index in [2.05, 4.69) is 22.1 Å². The van der Waals surface area contributed by atoms with Gasteiger partial charge in [0.2, 0.25) is 5.91 Å². The number of ether oxygens (including phenoxy) is 1. The van der Waals surface area contributed by atoms with E-state index in [-0.39, 0.29) is 11.7 Å². The number of aryl methyl sites for hydroxylation is 1. The highest BCUT2D eigenvalue weighted by molar-refractivity contribution is 7.99. The lowest BCUT2D eigenvalue weighted by molar-refractivity contribution is -0.113. The molecule has 1 aromatic carbocycles. The minimum absolute atomic E-state index is 0.129. The third-order valence-corrected chi connectivity index (χ3v) is 6.34. The van der Waals surface area contributed by atoms with Crippen molar-refractivity contribution in [3.8, 4) is 11.4 Å². The van der Waals surface area contributed by atoms with Gasteiger partial charge in [0.15, 0.2) is 11.0 Å². The minimum atomic E-state index is -0.466. The van der Waals surface area contributed by atoms with E-state index in [4.69, 9.17) is 4.74 Å². The van der Waals surface area contributed by atoms with Crippen LogP contribution in [0, 0.1) is 0 Å². The molecule has 2 aromatic heterocycles. The van der Waals surface area contributed by atoms with E-state index in [9.17, 15) is 9.59 Å². The average Bonchev–Trinajstić information content (AvgIpc) is 3.36. The molecule has 0 radical (unpaired) electrons. The van der Waals surface area contributed by atoms with E-state index in [0.717, 1.165) is 22.7 Å². The Labute approximate surface area is 183 Å². The lowest BCUT2D eigenvalue weighted by Crippen LogP contribution is -2.16. The molecule has 0 bridgehead atoms. The Hall–Kier alpha value is -2.91. The number of nitrogens with one attached hydrogen (secondary N) is 1. The summed E-state index contributed by atoms with van der Waals surface area (Å²) in [5.74, 6) is 0.151. The summed E-state index contributed by atoms with van der Waals surface area (Å²) in [5.41, 5.74) is 1.32. The number of benzene rings is 1. The van der Waals surface area contributed by atoms with Crippen LogP contribution >= 0.6 is 23.1 Å². The number of nitrogens with zero attached hydrogens (tertiary/aromatic N) is 3. The maximum absolute atomic E-state index is 12.5. The number of methoxy groups -OCH3 is 1. The second-order valence-electron chi connectivity index (χ2n) is 6.21. The first-order chi connectivity index (χ1) is 14.6. The summed E-state index contributed by atoms with van der Waals surface area (Å²) in [6, 6.07) is 11.5. The van der Waals surface area contributed by atoms with Crippen LogP contribution in [-0.2, 0) is 22.5 Å². The van der Waals surface area contributed by atoms with Crippen LogP contribution < -0.4 is 5.32 Å². The maximum Gasteiger partial charge on any atom is 0.340 e. The van der Waals surface area contributed by atoms with E-state index in [1.165, 1.54) is 30.2 Å². The second-order valence-corrected chi connectivity index (χ2v) is 8.29. The Bertz CT molecular complexity index is 1040. The maximum atomic E-state index is 12.5. The lowest BCUT2D eigenvalue weighted by Gasteiger charge is -2.08. The number of amides is 1. The van der Waals surface area contributed by atoms with Gasteiger partial charge >= 0.3 is 5.97 Å². The summed E-state index contributed by atoms with van der Waals surface area (Å²) in [5, 5.41) is 12.5. The predicted molar refractivity (Wildman–Crippen MR) is 120 cm³/mol. The Balaban J connectivity index is 1.73. The van der Waals surface area contributed by atoms with Crippen LogP contribution in [0.25, 0.3) is 11.4 Å². The van der Waals surface area contributed by atoms with Crippen molar-refractivity contribution in [3.05, 3.63) is 59.5 Å². The van der Waals surface area contributed by atoms with Crippen molar-refractivity contribution in [1.82, 2.24) is 14.8 Å². The zero-order valence-electron chi connectivity index (χ0n) is 16.8. The van der Waals surface area contributed by atoms with Crippen LogP contribution in [0.2, 0.25) is 0 Å². The third-order valence-electron chi connectivity index (χ3n) is 4.18. The molecule has 1 amide bonds.